The van der Waals surface area contributed by atoms with Crippen molar-refractivity contribution in [1.29, 1.82) is 0 Å². The van der Waals surface area contributed by atoms with E-state index in [1.807, 2.05) is 26.0 Å². The molecule has 1 aliphatic rings. The Balaban J connectivity index is 1.88. The van der Waals surface area contributed by atoms with Gasteiger partial charge in [-0.05, 0) is 31.9 Å². The second-order valence-corrected chi connectivity index (χ2v) is 10.0. The molecule has 1 N–H and O–H groups in total. The van der Waals surface area contributed by atoms with Crippen molar-refractivity contribution in [3.8, 4) is 0 Å². The summed E-state index contributed by atoms with van der Waals surface area (Å²) in [5.74, 6) is 2.26. The monoisotopic (exact) mass is 428 g/mol. The molecular formula is C20H36N4O4S. The van der Waals surface area contributed by atoms with E-state index in [0.717, 1.165) is 31.2 Å². The molecule has 0 aliphatic carbocycles. The largest absolute Gasteiger partial charge is 0.469 e. The molecule has 1 aromatic rings. The molecule has 0 radical (unpaired) electrons. The summed E-state index contributed by atoms with van der Waals surface area (Å²) in [5, 5.41) is 3.41. The molecular weight excluding hydrogens is 392 g/mol. The molecule has 0 aromatic carbocycles. The zero-order chi connectivity index (χ0) is 21.3. The van der Waals surface area contributed by atoms with Crippen LogP contribution in [-0.2, 0) is 21.2 Å². The van der Waals surface area contributed by atoms with E-state index in [2.05, 4.69) is 24.1 Å². The maximum absolute atomic E-state index is 12.5. The molecule has 29 heavy (non-hydrogen) atoms. The number of rotatable bonds is 10. The van der Waals surface area contributed by atoms with Gasteiger partial charge in [-0.25, -0.2) is 8.42 Å². The molecule has 0 spiro atoms. The minimum Gasteiger partial charge on any atom is -0.469 e. The number of nitrogens with one attached hydrogen (secondary N) is 1. The van der Waals surface area contributed by atoms with Gasteiger partial charge in [0.25, 0.3) is 0 Å². The number of ether oxygens (including phenoxy) is 1. The van der Waals surface area contributed by atoms with Gasteiger partial charge in [0, 0.05) is 45.7 Å². The van der Waals surface area contributed by atoms with Crippen molar-refractivity contribution in [3.05, 3.63) is 24.2 Å². The number of guanidine groups is 1. The van der Waals surface area contributed by atoms with E-state index in [0.29, 0.717) is 32.1 Å². The standard InChI is InChI=1S/C20H36N4O4S/c1-17(2)16-22-20(21-8-7-19-6-5-13-28-19)23-9-11-24(12-10-23)29(25,26)15-14-27-18(3)4/h5-6,13,17-18H,7-12,14-16H2,1-4H3,(H,21,22). The van der Waals surface area contributed by atoms with Gasteiger partial charge < -0.3 is 19.4 Å². The van der Waals surface area contributed by atoms with E-state index in [1.54, 1.807) is 10.6 Å². The van der Waals surface area contributed by atoms with Crippen LogP contribution in [0.3, 0.4) is 0 Å². The summed E-state index contributed by atoms with van der Waals surface area (Å²) >= 11 is 0. The van der Waals surface area contributed by atoms with Crippen LogP contribution < -0.4 is 5.32 Å². The fourth-order valence-electron chi connectivity index (χ4n) is 2.99. The normalized spacial score (nSPS) is 16.8. The van der Waals surface area contributed by atoms with E-state index in [1.165, 1.54) is 0 Å². The molecule has 0 unspecified atom stereocenters. The average Bonchev–Trinajstić information content (AvgIpc) is 3.17. The summed E-state index contributed by atoms with van der Waals surface area (Å²) < 4.78 is 37.4. The molecule has 0 bridgehead atoms. The van der Waals surface area contributed by atoms with Crippen LogP contribution in [-0.4, -0.2) is 81.3 Å². The predicted molar refractivity (Wildman–Crippen MR) is 116 cm³/mol. The third-order valence-corrected chi connectivity index (χ3v) is 6.40. The van der Waals surface area contributed by atoms with Crippen molar-refractivity contribution in [1.82, 2.24) is 14.5 Å². The quantitative estimate of drug-likeness (QED) is 0.452. The van der Waals surface area contributed by atoms with Crippen molar-refractivity contribution < 1.29 is 17.6 Å². The highest BCUT2D eigenvalue weighted by molar-refractivity contribution is 7.89. The molecule has 2 heterocycles. The number of piperazine rings is 1. The number of nitrogens with zero attached hydrogens (tertiary/aromatic N) is 3. The van der Waals surface area contributed by atoms with Crippen LogP contribution in [0.25, 0.3) is 0 Å². The Morgan fingerprint density at radius 2 is 1.97 bits per heavy atom. The summed E-state index contributed by atoms with van der Waals surface area (Å²) in [6, 6.07) is 3.84. The van der Waals surface area contributed by atoms with Crippen molar-refractivity contribution >= 4 is 16.0 Å². The molecule has 8 nitrogen and oxygen atoms in total. The second kappa shape index (κ2) is 11.6. The van der Waals surface area contributed by atoms with E-state index in [9.17, 15) is 8.42 Å². The highest BCUT2D eigenvalue weighted by Crippen LogP contribution is 2.10. The number of hydrogen-bond acceptors (Lipinski definition) is 5. The first-order chi connectivity index (χ1) is 13.8. The van der Waals surface area contributed by atoms with E-state index >= 15 is 0 Å². The van der Waals surface area contributed by atoms with Crippen molar-refractivity contribution in [2.75, 3.05) is 51.6 Å². The van der Waals surface area contributed by atoms with Crippen LogP contribution >= 0.6 is 0 Å². The molecule has 166 valence electrons. The summed E-state index contributed by atoms with van der Waals surface area (Å²) in [5.41, 5.74) is 0. The lowest BCUT2D eigenvalue weighted by Crippen LogP contribution is -2.54. The first-order valence-corrected chi connectivity index (χ1v) is 12.0. The number of sulfonamides is 1. The number of furan rings is 1. The van der Waals surface area contributed by atoms with Crippen LogP contribution in [0.2, 0.25) is 0 Å². The van der Waals surface area contributed by atoms with Crippen molar-refractivity contribution in [2.24, 2.45) is 10.9 Å². The van der Waals surface area contributed by atoms with Gasteiger partial charge in [-0.1, -0.05) is 13.8 Å². The Morgan fingerprint density at radius 3 is 2.55 bits per heavy atom. The van der Waals surface area contributed by atoms with Crippen LogP contribution in [0.15, 0.2) is 27.8 Å². The Bertz CT molecular complexity index is 709. The lowest BCUT2D eigenvalue weighted by atomic mass is 10.2. The third kappa shape index (κ3) is 8.36. The number of hydrogen-bond donors (Lipinski definition) is 1. The van der Waals surface area contributed by atoms with Gasteiger partial charge in [0.15, 0.2) is 5.96 Å². The minimum atomic E-state index is -3.29. The Hall–Kier alpha value is -1.58. The van der Waals surface area contributed by atoms with Gasteiger partial charge in [0.05, 0.1) is 24.7 Å². The molecule has 0 atom stereocenters. The summed E-state index contributed by atoms with van der Waals surface area (Å²) in [4.78, 5) is 6.87. The Kier molecular flexibility index (Phi) is 9.45. The lowest BCUT2D eigenvalue weighted by molar-refractivity contribution is 0.0904. The van der Waals surface area contributed by atoms with E-state index in [-0.39, 0.29) is 18.5 Å². The highest BCUT2D eigenvalue weighted by Gasteiger charge is 2.28. The SMILES string of the molecule is CC(C)CN=C(NCCc1ccco1)N1CCN(S(=O)(=O)CCOC(C)C)CC1. The van der Waals surface area contributed by atoms with Gasteiger partial charge in [-0.15, -0.1) is 0 Å². The molecule has 9 heteroatoms. The third-order valence-electron chi connectivity index (χ3n) is 4.56. The van der Waals surface area contributed by atoms with Crippen LogP contribution in [0, 0.1) is 5.92 Å². The smallest absolute Gasteiger partial charge is 0.216 e. The first kappa shape index (κ1) is 23.7. The maximum atomic E-state index is 12.5. The fourth-order valence-corrected chi connectivity index (χ4v) is 4.27. The van der Waals surface area contributed by atoms with Crippen LogP contribution in [0.1, 0.15) is 33.5 Å². The van der Waals surface area contributed by atoms with Crippen molar-refractivity contribution in [2.45, 2.75) is 40.2 Å². The van der Waals surface area contributed by atoms with Crippen LogP contribution in [0.5, 0.6) is 0 Å². The molecule has 1 aromatic heterocycles. The fraction of sp³-hybridized carbons (Fsp3) is 0.750. The van der Waals surface area contributed by atoms with Gasteiger partial charge in [-0.3, -0.25) is 4.99 Å². The van der Waals surface area contributed by atoms with Gasteiger partial charge >= 0.3 is 0 Å². The molecule has 1 fully saturated rings. The molecule has 0 saturated carbocycles. The first-order valence-electron chi connectivity index (χ1n) is 10.4. The zero-order valence-electron chi connectivity index (χ0n) is 18.1. The van der Waals surface area contributed by atoms with Gasteiger partial charge in [-0.2, -0.15) is 4.31 Å². The molecule has 2 rings (SSSR count). The molecule has 1 saturated heterocycles. The molecule has 1 aliphatic heterocycles. The predicted octanol–water partition coefficient (Wildman–Crippen LogP) is 1.80. The minimum absolute atomic E-state index is 0.0286. The topological polar surface area (TPSA) is 87.4 Å². The van der Waals surface area contributed by atoms with Gasteiger partial charge in [0.2, 0.25) is 10.0 Å². The van der Waals surface area contributed by atoms with Crippen LogP contribution in [0.4, 0.5) is 0 Å². The van der Waals surface area contributed by atoms with E-state index < -0.39 is 10.0 Å². The van der Waals surface area contributed by atoms with E-state index in [4.69, 9.17) is 14.1 Å². The Labute approximate surface area is 175 Å². The molecule has 0 amide bonds. The summed E-state index contributed by atoms with van der Waals surface area (Å²) in [6.07, 6.45) is 2.49. The summed E-state index contributed by atoms with van der Waals surface area (Å²) in [6.45, 7) is 11.9. The highest BCUT2D eigenvalue weighted by atomic mass is 32.2. The summed E-state index contributed by atoms with van der Waals surface area (Å²) in [7, 11) is -3.29. The maximum Gasteiger partial charge on any atom is 0.216 e. The van der Waals surface area contributed by atoms with Crippen molar-refractivity contribution in [3.63, 3.8) is 0 Å². The Morgan fingerprint density at radius 1 is 1.24 bits per heavy atom. The number of aliphatic imine (C=N–C) groups is 1. The van der Waals surface area contributed by atoms with Gasteiger partial charge in [0.1, 0.15) is 5.76 Å². The average molecular weight is 429 g/mol. The lowest BCUT2D eigenvalue weighted by Gasteiger charge is -2.36. The zero-order valence-corrected chi connectivity index (χ0v) is 19.0. The second-order valence-electron chi connectivity index (χ2n) is 7.94.